The summed E-state index contributed by atoms with van der Waals surface area (Å²) >= 11 is 0. The lowest BCUT2D eigenvalue weighted by atomic mass is 9.83. The molecule has 1 aromatic carbocycles. The van der Waals surface area contributed by atoms with Gasteiger partial charge >= 0.3 is 5.97 Å². The number of methoxy groups -OCH3 is 1. The fourth-order valence-corrected chi connectivity index (χ4v) is 3.48. The van der Waals surface area contributed by atoms with Crippen molar-refractivity contribution in [1.82, 2.24) is 4.72 Å². The fourth-order valence-electron chi connectivity index (χ4n) is 2.24. The second-order valence-electron chi connectivity index (χ2n) is 4.97. The van der Waals surface area contributed by atoms with Crippen LogP contribution in [0.4, 0.5) is 0 Å². The number of nitrogens with one attached hydrogen (secondary N) is 1. The quantitative estimate of drug-likeness (QED) is 0.814. The largest absolute Gasteiger partial charge is 0.465 e. The Kier molecular flexibility index (Phi) is 4.77. The number of hydrogen-bond acceptors (Lipinski definition) is 4. The first-order valence-electron chi connectivity index (χ1n) is 6.71. The van der Waals surface area contributed by atoms with Gasteiger partial charge in [-0.15, -0.1) is 0 Å². The first-order valence-corrected chi connectivity index (χ1v) is 8.20. The second kappa shape index (κ2) is 6.37. The summed E-state index contributed by atoms with van der Waals surface area (Å²) in [5.41, 5.74) is 0.0612. The number of carbonyl (C=O) groups excluding carboxylic acids is 1. The van der Waals surface area contributed by atoms with Gasteiger partial charge in [-0.2, -0.15) is 0 Å². The zero-order chi connectivity index (χ0) is 14.6. The molecule has 1 N–H and O–H groups in total. The highest BCUT2D eigenvalue weighted by molar-refractivity contribution is 7.89. The van der Waals surface area contributed by atoms with E-state index in [4.69, 9.17) is 0 Å². The Hall–Kier alpha value is -1.40. The van der Waals surface area contributed by atoms with Gasteiger partial charge in [0, 0.05) is 6.54 Å². The SMILES string of the molecule is COC(=O)c1ccccc1S(=O)(=O)NCCC1CCC1. The minimum absolute atomic E-state index is 0.0274. The molecule has 5 nitrogen and oxygen atoms in total. The van der Waals surface area contributed by atoms with Crippen LogP contribution in [0.5, 0.6) is 0 Å². The molecule has 0 saturated heterocycles. The highest BCUT2D eigenvalue weighted by Gasteiger charge is 2.23. The van der Waals surface area contributed by atoms with Gasteiger partial charge in [-0.3, -0.25) is 0 Å². The van der Waals surface area contributed by atoms with Gasteiger partial charge in [-0.25, -0.2) is 17.9 Å². The lowest BCUT2D eigenvalue weighted by Crippen LogP contribution is -2.28. The van der Waals surface area contributed by atoms with Crippen molar-refractivity contribution in [3.8, 4) is 0 Å². The third-order valence-electron chi connectivity index (χ3n) is 3.65. The number of benzene rings is 1. The van der Waals surface area contributed by atoms with E-state index in [2.05, 4.69) is 9.46 Å². The summed E-state index contributed by atoms with van der Waals surface area (Å²) in [6.45, 7) is 0.405. The van der Waals surface area contributed by atoms with Crippen LogP contribution in [0, 0.1) is 5.92 Å². The van der Waals surface area contributed by atoms with Crippen molar-refractivity contribution < 1.29 is 17.9 Å². The number of ether oxygens (including phenoxy) is 1. The van der Waals surface area contributed by atoms with Crippen molar-refractivity contribution in [2.45, 2.75) is 30.6 Å². The molecular formula is C14H19NO4S. The zero-order valence-electron chi connectivity index (χ0n) is 11.5. The van der Waals surface area contributed by atoms with E-state index in [9.17, 15) is 13.2 Å². The van der Waals surface area contributed by atoms with Crippen LogP contribution < -0.4 is 4.72 Å². The predicted molar refractivity (Wildman–Crippen MR) is 74.9 cm³/mol. The number of esters is 1. The molecule has 0 radical (unpaired) electrons. The Morgan fingerprint density at radius 1 is 1.35 bits per heavy atom. The average Bonchev–Trinajstić information content (AvgIpc) is 2.40. The number of sulfonamides is 1. The first-order chi connectivity index (χ1) is 9.54. The summed E-state index contributed by atoms with van der Waals surface area (Å²) in [5, 5.41) is 0. The monoisotopic (exact) mass is 297 g/mol. The molecule has 2 rings (SSSR count). The highest BCUT2D eigenvalue weighted by Crippen LogP contribution is 2.29. The van der Waals surface area contributed by atoms with E-state index >= 15 is 0 Å². The molecule has 6 heteroatoms. The Bertz CT molecular complexity index is 579. The Labute approximate surface area is 119 Å². The molecule has 1 saturated carbocycles. The number of carbonyl (C=O) groups is 1. The van der Waals surface area contributed by atoms with E-state index in [1.807, 2.05) is 0 Å². The van der Waals surface area contributed by atoms with Crippen molar-refractivity contribution in [3.63, 3.8) is 0 Å². The van der Waals surface area contributed by atoms with Crippen molar-refractivity contribution >= 4 is 16.0 Å². The molecule has 0 aliphatic heterocycles. The molecule has 0 unspecified atom stereocenters. The number of rotatable bonds is 6. The maximum atomic E-state index is 12.2. The molecular weight excluding hydrogens is 278 g/mol. The molecule has 1 fully saturated rings. The van der Waals surface area contributed by atoms with Crippen LogP contribution in [0.3, 0.4) is 0 Å². The maximum Gasteiger partial charge on any atom is 0.339 e. The van der Waals surface area contributed by atoms with Crippen LogP contribution in [-0.4, -0.2) is 28.0 Å². The van der Waals surface area contributed by atoms with Crippen molar-refractivity contribution in [2.75, 3.05) is 13.7 Å². The van der Waals surface area contributed by atoms with Crippen LogP contribution in [-0.2, 0) is 14.8 Å². The average molecular weight is 297 g/mol. The summed E-state index contributed by atoms with van der Waals surface area (Å²) in [4.78, 5) is 11.6. The molecule has 1 aliphatic carbocycles. The van der Waals surface area contributed by atoms with Gasteiger partial charge in [0.05, 0.1) is 17.6 Å². The predicted octanol–water partition coefficient (Wildman–Crippen LogP) is 1.94. The molecule has 0 amide bonds. The standard InChI is InChI=1S/C14H19NO4S/c1-19-14(16)12-7-2-3-8-13(12)20(17,18)15-10-9-11-5-4-6-11/h2-3,7-8,11,15H,4-6,9-10H2,1H3. The minimum Gasteiger partial charge on any atom is -0.465 e. The summed E-state index contributed by atoms with van der Waals surface area (Å²) in [6.07, 6.45) is 4.45. The van der Waals surface area contributed by atoms with E-state index < -0.39 is 16.0 Å². The fraction of sp³-hybridized carbons (Fsp3) is 0.500. The van der Waals surface area contributed by atoms with Gasteiger partial charge in [0.1, 0.15) is 0 Å². The summed E-state index contributed by atoms with van der Waals surface area (Å²) in [5.74, 6) is -0.0153. The molecule has 0 bridgehead atoms. The van der Waals surface area contributed by atoms with Crippen LogP contribution in [0.1, 0.15) is 36.0 Å². The van der Waals surface area contributed by atoms with Gasteiger partial charge in [-0.1, -0.05) is 31.4 Å². The second-order valence-corrected chi connectivity index (χ2v) is 6.71. The Morgan fingerprint density at radius 2 is 2.05 bits per heavy atom. The maximum absolute atomic E-state index is 12.2. The first kappa shape index (κ1) is 15.0. The van der Waals surface area contributed by atoms with Gasteiger partial charge in [0.25, 0.3) is 0 Å². The normalized spacial score (nSPS) is 15.7. The summed E-state index contributed by atoms with van der Waals surface area (Å²) < 4.78 is 31.7. The lowest BCUT2D eigenvalue weighted by Gasteiger charge is -2.25. The molecule has 0 atom stereocenters. The summed E-state index contributed by atoms with van der Waals surface area (Å²) in [6, 6.07) is 6.07. The van der Waals surface area contributed by atoms with Crippen LogP contribution >= 0.6 is 0 Å². The lowest BCUT2D eigenvalue weighted by molar-refractivity contribution is 0.0596. The Morgan fingerprint density at radius 3 is 2.65 bits per heavy atom. The van der Waals surface area contributed by atoms with E-state index in [1.165, 1.54) is 38.5 Å². The van der Waals surface area contributed by atoms with Crippen LogP contribution in [0.15, 0.2) is 29.2 Å². The molecule has 0 heterocycles. The van der Waals surface area contributed by atoms with Crippen molar-refractivity contribution in [1.29, 1.82) is 0 Å². The van der Waals surface area contributed by atoms with Crippen LogP contribution in [0.25, 0.3) is 0 Å². The van der Waals surface area contributed by atoms with Crippen LogP contribution in [0.2, 0.25) is 0 Å². The topological polar surface area (TPSA) is 72.5 Å². The van der Waals surface area contributed by atoms with Gasteiger partial charge in [0.15, 0.2) is 0 Å². The molecule has 110 valence electrons. The van der Waals surface area contributed by atoms with Gasteiger partial charge in [0.2, 0.25) is 10.0 Å². The third kappa shape index (κ3) is 3.37. The van der Waals surface area contributed by atoms with Crippen molar-refractivity contribution in [3.05, 3.63) is 29.8 Å². The minimum atomic E-state index is -3.68. The zero-order valence-corrected chi connectivity index (χ0v) is 12.3. The third-order valence-corrected chi connectivity index (χ3v) is 5.17. The van der Waals surface area contributed by atoms with E-state index in [-0.39, 0.29) is 10.5 Å². The summed E-state index contributed by atoms with van der Waals surface area (Å²) in [7, 11) is -2.44. The van der Waals surface area contributed by atoms with E-state index in [0.29, 0.717) is 12.5 Å². The number of hydrogen-bond donors (Lipinski definition) is 1. The smallest absolute Gasteiger partial charge is 0.339 e. The van der Waals surface area contributed by atoms with Gasteiger partial charge < -0.3 is 4.74 Å². The molecule has 0 aromatic heterocycles. The molecule has 1 aromatic rings. The van der Waals surface area contributed by atoms with Crippen molar-refractivity contribution in [2.24, 2.45) is 5.92 Å². The molecule has 20 heavy (non-hydrogen) atoms. The van der Waals surface area contributed by atoms with Gasteiger partial charge in [-0.05, 0) is 24.5 Å². The molecule has 0 spiro atoms. The molecule has 1 aliphatic rings. The van der Waals surface area contributed by atoms with E-state index in [0.717, 1.165) is 6.42 Å². The Balaban J connectivity index is 2.09. The van der Waals surface area contributed by atoms with E-state index in [1.54, 1.807) is 12.1 Å². The highest BCUT2D eigenvalue weighted by atomic mass is 32.2.